The van der Waals surface area contributed by atoms with Crippen molar-refractivity contribution in [1.29, 1.82) is 5.41 Å². The molecule has 0 aromatic heterocycles. The van der Waals surface area contributed by atoms with E-state index in [2.05, 4.69) is 39.6 Å². The van der Waals surface area contributed by atoms with Crippen LogP contribution in [0.1, 0.15) is 87.1 Å². The summed E-state index contributed by atoms with van der Waals surface area (Å²) >= 11 is 0. The van der Waals surface area contributed by atoms with Crippen LogP contribution in [0.5, 0.6) is 0 Å². The van der Waals surface area contributed by atoms with Gasteiger partial charge in [0.15, 0.2) is 0 Å². The summed E-state index contributed by atoms with van der Waals surface area (Å²) in [5.41, 5.74) is 2.10. The van der Waals surface area contributed by atoms with Crippen LogP contribution in [0, 0.1) is 17.2 Å². The van der Waals surface area contributed by atoms with E-state index < -0.39 is 0 Å². The molecule has 26 heavy (non-hydrogen) atoms. The molecule has 0 radical (unpaired) electrons. The molecule has 2 nitrogen and oxygen atoms in total. The molecule has 0 fully saturated rings. The fourth-order valence-corrected chi connectivity index (χ4v) is 1.64. The van der Waals surface area contributed by atoms with Crippen LogP contribution >= 0.6 is 0 Å². The molecule has 0 saturated heterocycles. The summed E-state index contributed by atoms with van der Waals surface area (Å²) in [6.45, 7) is 22.7. The Morgan fingerprint density at radius 3 is 1.81 bits per heavy atom. The van der Waals surface area contributed by atoms with Crippen molar-refractivity contribution in [2.45, 2.75) is 81.6 Å². The summed E-state index contributed by atoms with van der Waals surface area (Å²) < 4.78 is 0. The maximum absolute atomic E-state index is 6.08. The van der Waals surface area contributed by atoms with Gasteiger partial charge in [0.1, 0.15) is 0 Å². The van der Waals surface area contributed by atoms with Gasteiger partial charge in [-0.15, -0.1) is 0 Å². The van der Waals surface area contributed by atoms with E-state index >= 15 is 0 Å². The third kappa shape index (κ3) is 24.7. The van der Waals surface area contributed by atoms with Crippen LogP contribution in [-0.2, 0) is 0 Å². The Balaban J connectivity index is -0.000000139. The van der Waals surface area contributed by atoms with Crippen LogP contribution in [0.15, 0.2) is 36.9 Å². The summed E-state index contributed by atoms with van der Waals surface area (Å²) in [5, 5.41) is 9.07. The molecular formula is C24H48N2. The van der Waals surface area contributed by atoms with Crippen LogP contribution in [0.25, 0.3) is 5.70 Å². The van der Waals surface area contributed by atoms with Gasteiger partial charge >= 0.3 is 0 Å². The largest absolute Gasteiger partial charge is 0.388 e. The number of unbranched alkanes of at least 4 members (excludes halogenated alkanes) is 1. The normalized spacial score (nSPS) is 9.35. The van der Waals surface area contributed by atoms with E-state index in [9.17, 15) is 0 Å². The summed E-state index contributed by atoms with van der Waals surface area (Å²) in [6, 6.07) is 10.0. The van der Waals surface area contributed by atoms with Crippen molar-refractivity contribution in [1.82, 2.24) is 5.32 Å². The van der Waals surface area contributed by atoms with E-state index in [1.165, 1.54) is 25.5 Å². The SMILES string of the molecule is C=C(NC)c1ccccc1.CC.CC.CC=N.CCCCC(C)C(C)C. The minimum atomic E-state index is 0.872. The topological polar surface area (TPSA) is 35.9 Å². The minimum Gasteiger partial charge on any atom is -0.388 e. The van der Waals surface area contributed by atoms with E-state index in [0.29, 0.717) is 0 Å². The molecule has 1 aromatic rings. The molecular weight excluding hydrogens is 316 g/mol. The molecule has 1 rings (SSSR count). The molecule has 0 aliphatic rings. The number of hydrogen-bond acceptors (Lipinski definition) is 2. The zero-order chi connectivity index (χ0) is 21.4. The molecule has 0 saturated carbocycles. The second kappa shape index (κ2) is 28.2. The Bertz CT molecular complexity index is 369. The third-order valence-corrected chi connectivity index (χ3v) is 3.58. The molecule has 0 aliphatic carbocycles. The lowest BCUT2D eigenvalue weighted by molar-refractivity contribution is 0.381. The zero-order valence-corrected chi connectivity index (χ0v) is 19.4. The second-order valence-electron chi connectivity index (χ2n) is 5.75. The first-order chi connectivity index (χ1) is 12.4. The summed E-state index contributed by atoms with van der Waals surface area (Å²) in [6.07, 6.45) is 5.41. The molecule has 1 atom stereocenters. The highest BCUT2D eigenvalue weighted by atomic mass is 14.8. The van der Waals surface area contributed by atoms with Crippen LogP contribution in [-0.4, -0.2) is 13.3 Å². The van der Waals surface area contributed by atoms with Crippen molar-refractivity contribution < 1.29 is 0 Å². The van der Waals surface area contributed by atoms with Crippen molar-refractivity contribution in [2.24, 2.45) is 11.8 Å². The van der Waals surface area contributed by atoms with Gasteiger partial charge in [-0.1, -0.05) is 112 Å². The zero-order valence-electron chi connectivity index (χ0n) is 19.4. The van der Waals surface area contributed by atoms with Gasteiger partial charge in [0.05, 0.1) is 0 Å². The molecule has 0 amide bonds. The number of nitrogens with one attached hydrogen (secondary N) is 2. The average Bonchev–Trinajstić information content (AvgIpc) is 2.70. The monoisotopic (exact) mass is 364 g/mol. The standard InChI is InChI=1S/C9H11N.C9H20.C2H5N.2C2H6/c1-8(10-2)9-6-4-3-5-7-9;1-5-6-7-9(4)8(2)3;1-2-3;2*1-2/h3-7,10H,1H2,2H3;8-9H,5-7H2,1-4H3;2-3H,1H3;2*1-2H3. The quantitative estimate of drug-likeness (QED) is 0.492. The van der Waals surface area contributed by atoms with Gasteiger partial charge in [0.25, 0.3) is 0 Å². The molecule has 0 heterocycles. The Hall–Kier alpha value is -1.57. The summed E-state index contributed by atoms with van der Waals surface area (Å²) in [4.78, 5) is 0. The number of rotatable bonds is 6. The molecule has 0 aliphatic heterocycles. The van der Waals surface area contributed by atoms with Crippen LogP contribution in [0.3, 0.4) is 0 Å². The Morgan fingerprint density at radius 2 is 1.50 bits per heavy atom. The predicted octanol–water partition coefficient (Wildman–Crippen LogP) is 8.05. The first kappa shape index (κ1) is 32.1. The number of hydrogen-bond donors (Lipinski definition) is 2. The Labute approximate surface area is 166 Å². The molecule has 1 unspecified atom stereocenters. The van der Waals surface area contributed by atoms with Crippen LogP contribution in [0.2, 0.25) is 0 Å². The first-order valence-corrected chi connectivity index (χ1v) is 10.3. The van der Waals surface area contributed by atoms with Gasteiger partial charge < -0.3 is 10.7 Å². The molecule has 1 aromatic carbocycles. The van der Waals surface area contributed by atoms with Gasteiger partial charge in [-0.2, -0.15) is 0 Å². The van der Waals surface area contributed by atoms with Crippen molar-refractivity contribution in [2.75, 3.05) is 7.05 Å². The molecule has 154 valence electrons. The fourth-order valence-electron chi connectivity index (χ4n) is 1.64. The molecule has 2 heteroatoms. The van der Waals surface area contributed by atoms with E-state index in [1.54, 1.807) is 6.92 Å². The summed E-state index contributed by atoms with van der Waals surface area (Å²) in [5.74, 6) is 1.79. The highest BCUT2D eigenvalue weighted by Crippen LogP contribution is 2.16. The van der Waals surface area contributed by atoms with Gasteiger partial charge in [-0.25, -0.2) is 0 Å². The van der Waals surface area contributed by atoms with E-state index in [1.807, 2.05) is 65.1 Å². The van der Waals surface area contributed by atoms with Crippen molar-refractivity contribution in [3.05, 3.63) is 42.5 Å². The maximum atomic E-state index is 6.08. The lowest BCUT2D eigenvalue weighted by atomic mass is 9.93. The fraction of sp³-hybridized carbons (Fsp3) is 0.625. The lowest BCUT2D eigenvalue weighted by Gasteiger charge is -2.13. The predicted molar refractivity (Wildman–Crippen MR) is 125 cm³/mol. The van der Waals surface area contributed by atoms with Crippen LogP contribution < -0.4 is 5.32 Å². The van der Waals surface area contributed by atoms with E-state index in [-0.39, 0.29) is 0 Å². The van der Waals surface area contributed by atoms with E-state index in [0.717, 1.165) is 23.1 Å². The maximum Gasteiger partial charge on any atom is 0.0338 e. The van der Waals surface area contributed by atoms with Crippen LogP contribution in [0.4, 0.5) is 0 Å². The molecule has 0 bridgehead atoms. The van der Waals surface area contributed by atoms with E-state index in [4.69, 9.17) is 5.41 Å². The summed E-state index contributed by atoms with van der Waals surface area (Å²) in [7, 11) is 1.87. The third-order valence-electron chi connectivity index (χ3n) is 3.58. The van der Waals surface area contributed by atoms with Gasteiger partial charge in [-0.3, -0.25) is 0 Å². The Morgan fingerprint density at radius 1 is 1.08 bits per heavy atom. The minimum absolute atomic E-state index is 0.872. The molecule has 0 spiro atoms. The number of benzene rings is 1. The van der Waals surface area contributed by atoms with Crippen molar-refractivity contribution >= 4 is 11.9 Å². The molecule has 2 N–H and O–H groups in total. The Kier molecular flexibility index (Phi) is 34.9. The smallest absolute Gasteiger partial charge is 0.0338 e. The van der Waals surface area contributed by atoms with Gasteiger partial charge in [0.2, 0.25) is 0 Å². The second-order valence-corrected chi connectivity index (χ2v) is 5.75. The van der Waals surface area contributed by atoms with Gasteiger partial charge in [-0.05, 0) is 30.5 Å². The van der Waals surface area contributed by atoms with Crippen molar-refractivity contribution in [3.8, 4) is 0 Å². The van der Waals surface area contributed by atoms with Crippen molar-refractivity contribution in [3.63, 3.8) is 0 Å². The highest BCUT2D eigenvalue weighted by Gasteiger charge is 2.04. The highest BCUT2D eigenvalue weighted by molar-refractivity contribution is 5.60. The first-order valence-electron chi connectivity index (χ1n) is 10.3. The lowest BCUT2D eigenvalue weighted by Crippen LogP contribution is -2.02. The average molecular weight is 365 g/mol. The van der Waals surface area contributed by atoms with Gasteiger partial charge in [0, 0.05) is 12.7 Å².